The molecule has 0 bridgehead atoms. The van der Waals surface area contributed by atoms with E-state index in [0.29, 0.717) is 19.2 Å². The first-order valence-corrected chi connectivity index (χ1v) is 7.01. The third kappa shape index (κ3) is 9.18. The minimum atomic E-state index is -0.400. The van der Waals surface area contributed by atoms with Crippen LogP contribution in [0.3, 0.4) is 0 Å². The van der Waals surface area contributed by atoms with Gasteiger partial charge < -0.3 is 15.2 Å². The van der Waals surface area contributed by atoms with Crippen LogP contribution < -0.4 is 5.32 Å². The molecule has 0 radical (unpaired) electrons. The van der Waals surface area contributed by atoms with E-state index in [2.05, 4.69) is 18.5 Å². The van der Waals surface area contributed by atoms with Crippen LogP contribution in [0.15, 0.2) is 0 Å². The van der Waals surface area contributed by atoms with E-state index in [0.717, 1.165) is 12.2 Å². The van der Waals surface area contributed by atoms with Crippen molar-refractivity contribution >= 4 is 11.8 Å². The van der Waals surface area contributed by atoms with E-state index in [9.17, 15) is 5.11 Å². The van der Waals surface area contributed by atoms with Crippen LogP contribution in [0.1, 0.15) is 27.2 Å². The lowest BCUT2D eigenvalue weighted by atomic mass is 10.2. The lowest BCUT2D eigenvalue weighted by Crippen LogP contribution is -2.38. The predicted octanol–water partition coefficient (Wildman–Crippen LogP) is 1.50. The summed E-state index contributed by atoms with van der Waals surface area (Å²) in [6, 6.07) is 0.494. The SMILES string of the molecule is CCC(CSC)NCC(O)COC(C)C. The average molecular weight is 235 g/mol. The number of aliphatic hydroxyl groups excluding tert-OH is 1. The number of aliphatic hydroxyl groups is 1. The monoisotopic (exact) mass is 235 g/mol. The van der Waals surface area contributed by atoms with Crippen LogP contribution in [0.4, 0.5) is 0 Å². The molecule has 0 aromatic heterocycles. The molecule has 2 atom stereocenters. The van der Waals surface area contributed by atoms with Crippen molar-refractivity contribution in [2.45, 2.75) is 45.4 Å². The number of hydrogen-bond acceptors (Lipinski definition) is 4. The molecule has 92 valence electrons. The number of rotatable bonds is 9. The highest BCUT2D eigenvalue weighted by Gasteiger charge is 2.09. The highest BCUT2D eigenvalue weighted by atomic mass is 32.2. The fourth-order valence-electron chi connectivity index (χ4n) is 1.19. The molecule has 3 nitrogen and oxygen atoms in total. The van der Waals surface area contributed by atoms with Crippen LogP contribution in [0.2, 0.25) is 0 Å². The Labute approximate surface area is 98.0 Å². The molecule has 0 spiro atoms. The zero-order chi connectivity index (χ0) is 11.7. The minimum absolute atomic E-state index is 0.188. The Morgan fingerprint density at radius 1 is 1.40 bits per heavy atom. The Hall–Kier alpha value is 0.230. The van der Waals surface area contributed by atoms with Crippen molar-refractivity contribution in [2.75, 3.05) is 25.2 Å². The maximum atomic E-state index is 9.62. The van der Waals surface area contributed by atoms with Crippen LogP contribution in [0.5, 0.6) is 0 Å². The minimum Gasteiger partial charge on any atom is -0.389 e. The van der Waals surface area contributed by atoms with Gasteiger partial charge in [-0.1, -0.05) is 6.92 Å². The number of hydrogen-bond donors (Lipinski definition) is 2. The predicted molar refractivity (Wildman–Crippen MR) is 67.6 cm³/mol. The van der Waals surface area contributed by atoms with E-state index in [1.165, 1.54) is 0 Å². The fourth-order valence-corrected chi connectivity index (χ4v) is 1.94. The van der Waals surface area contributed by atoms with Gasteiger partial charge in [0.15, 0.2) is 0 Å². The summed E-state index contributed by atoms with van der Waals surface area (Å²) in [5.41, 5.74) is 0. The lowest BCUT2D eigenvalue weighted by molar-refractivity contribution is 0.00565. The van der Waals surface area contributed by atoms with E-state index in [1.54, 1.807) is 0 Å². The lowest BCUT2D eigenvalue weighted by Gasteiger charge is -2.19. The van der Waals surface area contributed by atoms with Crippen LogP contribution in [-0.2, 0) is 4.74 Å². The summed E-state index contributed by atoms with van der Waals surface area (Å²) in [4.78, 5) is 0. The molecule has 2 unspecified atom stereocenters. The molecule has 0 fully saturated rings. The second kappa shape index (κ2) is 9.46. The average Bonchev–Trinajstić information content (AvgIpc) is 2.21. The smallest absolute Gasteiger partial charge is 0.0897 e. The van der Waals surface area contributed by atoms with Crippen molar-refractivity contribution < 1.29 is 9.84 Å². The molecule has 4 heteroatoms. The molecule has 0 saturated carbocycles. The summed E-state index contributed by atoms with van der Waals surface area (Å²) in [6.07, 6.45) is 2.98. The summed E-state index contributed by atoms with van der Waals surface area (Å²) < 4.78 is 5.33. The highest BCUT2D eigenvalue weighted by molar-refractivity contribution is 7.98. The Bertz CT molecular complexity index is 145. The van der Waals surface area contributed by atoms with E-state index in [4.69, 9.17) is 4.74 Å². The molecular formula is C11H25NO2S. The summed E-state index contributed by atoms with van der Waals surface area (Å²) in [7, 11) is 0. The number of ether oxygens (including phenoxy) is 1. The molecule has 0 aromatic carbocycles. The second-order valence-corrected chi connectivity index (χ2v) is 4.92. The van der Waals surface area contributed by atoms with Crippen LogP contribution >= 0.6 is 11.8 Å². The normalized spacial score (nSPS) is 15.6. The first kappa shape index (κ1) is 15.2. The third-order valence-corrected chi connectivity index (χ3v) is 2.86. The van der Waals surface area contributed by atoms with Crippen LogP contribution in [0.25, 0.3) is 0 Å². The van der Waals surface area contributed by atoms with Gasteiger partial charge in [-0.05, 0) is 26.5 Å². The molecule has 2 N–H and O–H groups in total. The summed E-state index contributed by atoms with van der Waals surface area (Å²) in [6.45, 7) is 7.14. The van der Waals surface area contributed by atoms with E-state index < -0.39 is 6.10 Å². The van der Waals surface area contributed by atoms with Crippen LogP contribution in [0, 0.1) is 0 Å². The first-order valence-electron chi connectivity index (χ1n) is 5.62. The zero-order valence-electron chi connectivity index (χ0n) is 10.3. The topological polar surface area (TPSA) is 41.5 Å². The van der Waals surface area contributed by atoms with Gasteiger partial charge in [0.05, 0.1) is 18.8 Å². The van der Waals surface area contributed by atoms with Gasteiger partial charge in [0, 0.05) is 18.3 Å². The molecule has 0 rings (SSSR count). The largest absolute Gasteiger partial charge is 0.389 e. The van der Waals surface area contributed by atoms with Crippen molar-refractivity contribution in [2.24, 2.45) is 0 Å². The van der Waals surface area contributed by atoms with Gasteiger partial charge in [0.1, 0.15) is 0 Å². The second-order valence-electron chi connectivity index (χ2n) is 4.00. The zero-order valence-corrected chi connectivity index (χ0v) is 11.1. The molecule has 15 heavy (non-hydrogen) atoms. The van der Waals surface area contributed by atoms with Gasteiger partial charge in [0.25, 0.3) is 0 Å². The summed E-state index contributed by atoms with van der Waals surface area (Å²) in [5, 5.41) is 13.0. The maximum Gasteiger partial charge on any atom is 0.0897 e. The van der Waals surface area contributed by atoms with Crippen LogP contribution in [-0.4, -0.2) is 48.5 Å². The molecule has 0 amide bonds. The van der Waals surface area contributed by atoms with Crippen molar-refractivity contribution in [1.82, 2.24) is 5.32 Å². The van der Waals surface area contributed by atoms with Gasteiger partial charge in [-0.15, -0.1) is 0 Å². The van der Waals surface area contributed by atoms with Gasteiger partial charge >= 0.3 is 0 Å². The van der Waals surface area contributed by atoms with Gasteiger partial charge in [-0.25, -0.2) is 0 Å². The standard InChI is InChI=1S/C11H25NO2S/c1-5-10(8-15-4)12-6-11(13)7-14-9(2)3/h9-13H,5-8H2,1-4H3. The molecule has 0 aromatic rings. The Kier molecular flexibility index (Phi) is 9.60. The number of thioether (sulfide) groups is 1. The third-order valence-electron chi connectivity index (χ3n) is 2.12. The molecule has 0 aliphatic rings. The molecule has 0 aliphatic carbocycles. The van der Waals surface area contributed by atoms with Crippen molar-refractivity contribution in [1.29, 1.82) is 0 Å². The van der Waals surface area contributed by atoms with E-state index >= 15 is 0 Å². The van der Waals surface area contributed by atoms with E-state index in [1.807, 2.05) is 25.6 Å². The summed E-state index contributed by atoms with van der Waals surface area (Å²) in [5.74, 6) is 1.09. The Balaban J connectivity index is 3.54. The Morgan fingerprint density at radius 2 is 2.07 bits per heavy atom. The fraction of sp³-hybridized carbons (Fsp3) is 1.00. The molecule has 0 heterocycles. The molecular weight excluding hydrogens is 210 g/mol. The molecule has 0 saturated heterocycles. The van der Waals surface area contributed by atoms with Crippen molar-refractivity contribution in [3.63, 3.8) is 0 Å². The maximum absolute atomic E-state index is 9.62. The number of nitrogens with one attached hydrogen (secondary N) is 1. The van der Waals surface area contributed by atoms with Gasteiger partial charge in [0.2, 0.25) is 0 Å². The van der Waals surface area contributed by atoms with E-state index in [-0.39, 0.29) is 6.10 Å². The molecule has 0 aliphatic heterocycles. The Morgan fingerprint density at radius 3 is 2.53 bits per heavy atom. The van der Waals surface area contributed by atoms with Gasteiger partial charge in [-0.2, -0.15) is 11.8 Å². The highest BCUT2D eigenvalue weighted by Crippen LogP contribution is 2.01. The quantitative estimate of drug-likeness (QED) is 0.635. The van der Waals surface area contributed by atoms with Crippen molar-refractivity contribution in [3.8, 4) is 0 Å². The van der Waals surface area contributed by atoms with Gasteiger partial charge in [-0.3, -0.25) is 0 Å². The summed E-state index contributed by atoms with van der Waals surface area (Å²) >= 11 is 1.83. The van der Waals surface area contributed by atoms with Crippen molar-refractivity contribution in [3.05, 3.63) is 0 Å². The first-order chi connectivity index (χ1) is 7.10.